The predicted molar refractivity (Wildman–Crippen MR) is 54.3 cm³/mol. The molecule has 0 aliphatic rings. The van der Waals surface area contributed by atoms with E-state index >= 15 is 0 Å². The van der Waals surface area contributed by atoms with E-state index in [1.54, 1.807) is 12.1 Å². The second-order valence-electron chi connectivity index (χ2n) is 2.89. The van der Waals surface area contributed by atoms with Gasteiger partial charge in [0.25, 0.3) is 0 Å². The third-order valence-electron chi connectivity index (χ3n) is 1.92. The fraction of sp³-hybridized carbons (Fsp3) is 0.100. The molecule has 1 nitrogen and oxygen atoms in total. The Morgan fingerprint density at radius 1 is 1.21 bits per heavy atom. The molecule has 0 amide bonds. The molecule has 0 aliphatic heterocycles. The molecule has 4 heteroatoms. The Bertz CT molecular complexity index is 485. The molecule has 0 spiro atoms. The first-order valence-electron chi connectivity index (χ1n) is 4.01. The van der Waals surface area contributed by atoms with Crippen molar-refractivity contribution in [2.24, 2.45) is 0 Å². The number of halogens is 3. The summed E-state index contributed by atoms with van der Waals surface area (Å²) in [5, 5.41) is 0.914. The highest BCUT2D eigenvalue weighted by atomic mass is 79.9. The van der Waals surface area contributed by atoms with Gasteiger partial charge in [0, 0.05) is 22.8 Å². The van der Waals surface area contributed by atoms with E-state index in [4.69, 9.17) is 0 Å². The lowest BCUT2D eigenvalue weighted by atomic mass is 10.2. The summed E-state index contributed by atoms with van der Waals surface area (Å²) in [6.45, 7) is 0. The van der Waals surface area contributed by atoms with Crippen molar-refractivity contribution in [1.82, 2.24) is 4.98 Å². The van der Waals surface area contributed by atoms with Crippen LogP contribution in [0.15, 0.2) is 24.3 Å². The first-order valence-corrected chi connectivity index (χ1v) is 5.13. The van der Waals surface area contributed by atoms with Gasteiger partial charge in [-0.15, -0.1) is 0 Å². The molecule has 14 heavy (non-hydrogen) atoms. The number of alkyl halides is 1. The fourth-order valence-corrected chi connectivity index (χ4v) is 1.59. The maximum absolute atomic E-state index is 13.2. The SMILES string of the molecule is Fc1cc(F)c2ccc(CBr)nc2c1. The Labute approximate surface area is 87.9 Å². The molecule has 0 radical (unpaired) electrons. The van der Waals surface area contributed by atoms with Crippen molar-refractivity contribution in [3.8, 4) is 0 Å². The van der Waals surface area contributed by atoms with Crippen molar-refractivity contribution in [2.75, 3.05) is 0 Å². The number of aromatic nitrogens is 1. The van der Waals surface area contributed by atoms with Gasteiger partial charge in [-0.1, -0.05) is 15.9 Å². The molecule has 0 saturated carbocycles. The minimum Gasteiger partial charge on any atom is -0.252 e. The Hall–Kier alpha value is -1.03. The molecule has 0 N–H and O–H groups in total. The van der Waals surface area contributed by atoms with Crippen LogP contribution in [-0.4, -0.2) is 4.98 Å². The highest BCUT2D eigenvalue weighted by Gasteiger charge is 2.05. The molecule has 0 fully saturated rings. The maximum atomic E-state index is 13.2. The van der Waals surface area contributed by atoms with Gasteiger partial charge >= 0.3 is 0 Å². The van der Waals surface area contributed by atoms with Crippen LogP contribution in [0.5, 0.6) is 0 Å². The van der Waals surface area contributed by atoms with Crippen LogP contribution in [0.3, 0.4) is 0 Å². The zero-order valence-electron chi connectivity index (χ0n) is 7.10. The van der Waals surface area contributed by atoms with Crippen molar-refractivity contribution >= 4 is 26.8 Å². The van der Waals surface area contributed by atoms with Crippen LogP contribution in [0.4, 0.5) is 8.78 Å². The Kier molecular flexibility index (Phi) is 2.46. The number of nitrogens with zero attached hydrogens (tertiary/aromatic N) is 1. The second-order valence-corrected chi connectivity index (χ2v) is 3.45. The minimum absolute atomic E-state index is 0.344. The van der Waals surface area contributed by atoms with Gasteiger partial charge in [-0.25, -0.2) is 8.78 Å². The van der Waals surface area contributed by atoms with Crippen LogP contribution in [0, 0.1) is 11.6 Å². The molecule has 0 aliphatic carbocycles. The fourth-order valence-electron chi connectivity index (χ4n) is 1.27. The zero-order chi connectivity index (χ0) is 10.1. The second kappa shape index (κ2) is 3.61. The summed E-state index contributed by atoms with van der Waals surface area (Å²) in [6.07, 6.45) is 0. The molecular weight excluding hydrogens is 252 g/mol. The van der Waals surface area contributed by atoms with Crippen LogP contribution in [0.25, 0.3) is 10.9 Å². The number of benzene rings is 1. The average molecular weight is 258 g/mol. The molecule has 0 atom stereocenters. The molecule has 1 heterocycles. The van der Waals surface area contributed by atoms with Crippen LogP contribution >= 0.6 is 15.9 Å². The van der Waals surface area contributed by atoms with E-state index in [1.165, 1.54) is 6.07 Å². The van der Waals surface area contributed by atoms with E-state index in [1.807, 2.05) is 0 Å². The standard InChI is InChI=1S/C10H6BrF2N/c11-5-7-1-2-8-9(13)3-6(12)4-10(8)14-7/h1-4H,5H2. The number of rotatable bonds is 1. The van der Waals surface area contributed by atoms with Gasteiger partial charge in [-0.2, -0.15) is 0 Å². The Morgan fingerprint density at radius 3 is 2.71 bits per heavy atom. The average Bonchev–Trinajstić information content (AvgIpc) is 2.16. The lowest BCUT2D eigenvalue weighted by Crippen LogP contribution is -1.90. The molecule has 1 aromatic carbocycles. The number of hydrogen-bond acceptors (Lipinski definition) is 1. The monoisotopic (exact) mass is 257 g/mol. The third kappa shape index (κ3) is 1.62. The highest BCUT2D eigenvalue weighted by molar-refractivity contribution is 9.08. The quantitative estimate of drug-likeness (QED) is 0.714. The molecule has 2 aromatic rings. The van der Waals surface area contributed by atoms with Gasteiger partial charge in [0.1, 0.15) is 11.6 Å². The summed E-state index contributed by atoms with van der Waals surface area (Å²) in [7, 11) is 0. The van der Waals surface area contributed by atoms with Crippen molar-refractivity contribution in [3.63, 3.8) is 0 Å². The summed E-state index contributed by atoms with van der Waals surface area (Å²) >= 11 is 3.23. The lowest BCUT2D eigenvalue weighted by Gasteiger charge is -2.01. The zero-order valence-corrected chi connectivity index (χ0v) is 8.68. The van der Waals surface area contributed by atoms with Crippen molar-refractivity contribution in [3.05, 3.63) is 41.6 Å². The molecule has 0 bridgehead atoms. The Balaban J connectivity index is 2.75. The summed E-state index contributed by atoms with van der Waals surface area (Å²) in [5.74, 6) is -1.18. The summed E-state index contributed by atoms with van der Waals surface area (Å²) in [4.78, 5) is 4.09. The van der Waals surface area contributed by atoms with Crippen LogP contribution in [0.2, 0.25) is 0 Å². The molecular formula is C10H6BrF2N. The van der Waals surface area contributed by atoms with Gasteiger partial charge in [0.2, 0.25) is 0 Å². The number of pyridine rings is 1. The largest absolute Gasteiger partial charge is 0.252 e. The van der Waals surface area contributed by atoms with E-state index in [0.29, 0.717) is 16.2 Å². The van der Waals surface area contributed by atoms with Gasteiger partial charge < -0.3 is 0 Å². The van der Waals surface area contributed by atoms with Crippen LogP contribution < -0.4 is 0 Å². The third-order valence-corrected chi connectivity index (χ3v) is 2.49. The Morgan fingerprint density at radius 2 is 2.00 bits per heavy atom. The number of hydrogen-bond donors (Lipinski definition) is 0. The van der Waals surface area contributed by atoms with E-state index in [0.717, 1.165) is 11.8 Å². The maximum Gasteiger partial charge on any atom is 0.135 e. The van der Waals surface area contributed by atoms with Gasteiger partial charge in [-0.05, 0) is 12.1 Å². The smallest absolute Gasteiger partial charge is 0.135 e. The molecule has 2 rings (SSSR count). The predicted octanol–water partition coefficient (Wildman–Crippen LogP) is 3.41. The summed E-state index contributed by atoms with van der Waals surface area (Å²) in [6, 6.07) is 5.40. The van der Waals surface area contributed by atoms with E-state index in [9.17, 15) is 8.78 Å². The van der Waals surface area contributed by atoms with Gasteiger partial charge in [0.05, 0.1) is 11.2 Å². The molecule has 1 aromatic heterocycles. The van der Waals surface area contributed by atoms with Crippen molar-refractivity contribution in [1.29, 1.82) is 0 Å². The topological polar surface area (TPSA) is 12.9 Å². The lowest BCUT2D eigenvalue weighted by molar-refractivity contribution is 0.591. The van der Waals surface area contributed by atoms with Crippen molar-refractivity contribution in [2.45, 2.75) is 5.33 Å². The number of fused-ring (bicyclic) bond motifs is 1. The van der Waals surface area contributed by atoms with Gasteiger partial charge in [-0.3, -0.25) is 4.98 Å². The van der Waals surface area contributed by atoms with Crippen LogP contribution in [0.1, 0.15) is 5.69 Å². The normalized spacial score (nSPS) is 10.8. The van der Waals surface area contributed by atoms with E-state index in [2.05, 4.69) is 20.9 Å². The first-order chi connectivity index (χ1) is 6.70. The molecule has 0 saturated heterocycles. The molecule has 0 unspecified atom stereocenters. The summed E-state index contributed by atoms with van der Waals surface area (Å²) in [5.41, 5.74) is 1.10. The van der Waals surface area contributed by atoms with E-state index in [-0.39, 0.29) is 0 Å². The minimum atomic E-state index is -0.603. The van der Waals surface area contributed by atoms with Crippen LogP contribution in [-0.2, 0) is 5.33 Å². The summed E-state index contributed by atoms with van der Waals surface area (Å²) < 4.78 is 26.0. The van der Waals surface area contributed by atoms with E-state index < -0.39 is 11.6 Å². The first kappa shape index (κ1) is 9.52. The van der Waals surface area contributed by atoms with Crippen molar-refractivity contribution < 1.29 is 8.78 Å². The van der Waals surface area contributed by atoms with Gasteiger partial charge in [0.15, 0.2) is 0 Å². The molecule has 72 valence electrons. The highest BCUT2D eigenvalue weighted by Crippen LogP contribution is 2.18.